The molecule has 22 heavy (non-hydrogen) atoms. The third-order valence-electron chi connectivity index (χ3n) is 4.54. The maximum atomic E-state index is 12.8. The average molecular weight is 386 g/mol. The average Bonchev–Trinajstić information content (AvgIpc) is 2.83. The summed E-state index contributed by atoms with van der Waals surface area (Å²) in [6.07, 6.45) is 3.01. The molecule has 0 unspecified atom stereocenters. The Kier molecular flexibility index (Phi) is 5.68. The van der Waals surface area contributed by atoms with Crippen LogP contribution in [-0.2, 0) is 10.0 Å². The lowest BCUT2D eigenvalue weighted by molar-refractivity contribution is 0.218. The highest BCUT2D eigenvalue weighted by atomic mass is 35.5. The second-order valence-corrected chi connectivity index (χ2v) is 8.75. The second kappa shape index (κ2) is 6.83. The molecule has 2 heterocycles. The van der Waals surface area contributed by atoms with Crippen LogP contribution in [0, 0.1) is 5.41 Å². The Labute approximate surface area is 147 Å². The molecule has 4 nitrogen and oxygen atoms in total. The standard InChI is InChI=1S/C14H18Cl2N2O2S.ClH/c15-11-7-12(16)9-13(8-11)21(19,20)18-6-3-14(10-18)1-4-17-5-2-14;/h7-9,17H,1-6,10H2;1H. The Balaban J connectivity index is 0.00000176. The molecule has 0 aliphatic carbocycles. The van der Waals surface area contributed by atoms with Gasteiger partial charge in [0.05, 0.1) is 4.90 Å². The van der Waals surface area contributed by atoms with Crippen LogP contribution in [0.25, 0.3) is 0 Å². The Morgan fingerprint density at radius 1 is 1.05 bits per heavy atom. The van der Waals surface area contributed by atoms with Gasteiger partial charge in [-0.2, -0.15) is 4.31 Å². The first kappa shape index (κ1) is 18.3. The van der Waals surface area contributed by atoms with Crippen LogP contribution in [0.5, 0.6) is 0 Å². The van der Waals surface area contributed by atoms with E-state index in [0.717, 1.165) is 32.4 Å². The molecule has 1 aromatic rings. The Bertz CT molecular complexity index is 625. The predicted molar refractivity (Wildman–Crippen MR) is 91.6 cm³/mol. The highest BCUT2D eigenvalue weighted by molar-refractivity contribution is 7.89. The largest absolute Gasteiger partial charge is 0.317 e. The molecule has 8 heteroatoms. The molecule has 2 fully saturated rings. The molecular formula is C14H19Cl3N2O2S. The van der Waals surface area contributed by atoms with Gasteiger partial charge in [-0.1, -0.05) is 23.2 Å². The highest BCUT2D eigenvalue weighted by Gasteiger charge is 2.43. The van der Waals surface area contributed by atoms with Crippen molar-refractivity contribution in [3.8, 4) is 0 Å². The van der Waals surface area contributed by atoms with Crippen LogP contribution in [0.2, 0.25) is 10.0 Å². The first-order valence-corrected chi connectivity index (χ1v) is 9.28. The van der Waals surface area contributed by atoms with Crippen LogP contribution in [0.1, 0.15) is 19.3 Å². The lowest BCUT2D eigenvalue weighted by atomic mass is 9.78. The van der Waals surface area contributed by atoms with Crippen molar-refractivity contribution in [3.63, 3.8) is 0 Å². The molecule has 0 atom stereocenters. The molecule has 3 rings (SSSR count). The van der Waals surface area contributed by atoms with Crippen LogP contribution in [0.15, 0.2) is 23.1 Å². The number of nitrogens with zero attached hydrogens (tertiary/aromatic N) is 1. The lowest BCUT2D eigenvalue weighted by Crippen LogP contribution is -2.39. The fourth-order valence-corrected chi connectivity index (χ4v) is 5.57. The Morgan fingerprint density at radius 2 is 1.64 bits per heavy atom. The van der Waals surface area contributed by atoms with Gasteiger partial charge in [-0.05, 0) is 56.0 Å². The minimum absolute atomic E-state index is 0. The van der Waals surface area contributed by atoms with Crippen LogP contribution in [0.4, 0.5) is 0 Å². The number of rotatable bonds is 2. The maximum absolute atomic E-state index is 12.8. The van der Waals surface area contributed by atoms with Gasteiger partial charge in [0, 0.05) is 23.1 Å². The Morgan fingerprint density at radius 3 is 2.23 bits per heavy atom. The topological polar surface area (TPSA) is 49.4 Å². The van der Waals surface area contributed by atoms with E-state index in [0.29, 0.717) is 23.1 Å². The molecular weight excluding hydrogens is 367 g/mol. The smallest absolute Gasteiger partial charge is 0.243 e. The van der Waals surface area contributed by atoms with Gasteiger partial charge in [0.25, 0.3) is 0 Å². The zero-order valence-electron chi connectivity index (χ0n) is 12.0. The van der Waals surface area contributed by atoms with E-state index in [9.17, 15) is 8.42 Å². The van der Waals surface area contributed by atoms with E-state index in [1.807, 2.05) is 0 Å². The van der Waals surface area contributed by atoms with Crippen LogP contribution < -0.4 is 5.32 Å². The first-order chi connectivity index (χ1) is 9.91. The third-order valence-corrected chi connectivity index (χ3v) is 6.80. The SMILES string of the molecule is Cl.O=S(=O)(c1cc(Cl)cc(Cl)c1)N1CCC2(CCNCC2)C1. The summed E-state index contributed by atoms with van der Waals surface area (Å²) in [5, 5.41) is 4.02. The minimum atomic E-state index is -3.52. The highest BCUT2D eigenvalue weighted by Crippen LogP contribution is 2.40. The van der Waals surface area contributed by atoms with Crippen molar-refractivity contribution < 1.29 is 8.42 Å². The molecule has 0 saturated carbocycles. The second-order valence-electron chi connectivity index (χ2n) is 5.94. The quantitative estimate of drug-likeness (QED) is 0.850. The summed E-state index contributed by atoms with van der Waals surface area (Å²) in [6.45, 7) is 3.11. The fraction of sp³-hybridized carbons (Fsp3) is 0.571. The number of nitrogens with one attached hydrogen (secondary N) is 1. The van der Waals surface area contributed by atoms with Crippen molar-refractivity contribution in [2.24, 2.45) is 5.41 Å². The molecule has 1 N–H and O–H groups in total. The molecule has 2 saturated heterocycles. The van der Waals surface area contributed by atoms with E-state index >= 15 is 0 Å². The van der Waals surface area contributed by atoms with Gasteiger partial charge in [0.15, 0.2) is 0 Å². The van der Waals surface area contributed by atoms with E-state index in [-0.39, 0.29) is 22.7 Å². The minimum Gasteiger partial charge on any atom is -0.317 e. The molecule has 0 radical (unpaired) electrons. The van der Waals surface area contributed by atoms with E-state index < -0.39 is 10.0 Å². The van der Waals surface area contributed by atoms with Crippen LogP contribution in [-0.4, -0.2) is 38.9 Å². The van der Waals surface area contributed by atoms with Gasteiger partial charge < -0.3 is 5.32 Å². The zero-order valence-corrected chi connectivity index (χ0v) is 15.2. The van der Waals surface area contributed by atoms with E-state index in [2.05, 4.69) is 5.32 Å². The van der Waals surface area contributed by atoms with Crippen molar-refractivity contribution in [2.75, 3.05) is 26.2 Å². The number of benzene rings is 1. The summed E-state index contributed by atoms with van der Waals surface area (Å²) in [7, 11) is -3.52. The molecule has 124 valence electrons. The predicted octanol–water partition coefficient (Wildman–Crippen LogP) is 3.18. The van der Waals surface area contributed by atoms with Crippen molar-refractivity contribution in [1.82, 2.24) is 9.62 Å². The van der Waals surface area contributed by atoms with Gasteiger partial charge >= 0.3 is 0 Å². The van der Waals surface area contributed by atoms with Gasteiger partial charge in [0.2, 0.25) is 10.0 Å². The number of hydrogen-bond acceptors (Lipinski definition) is 3. The van der Waals surface area contributed by atoms with Crippen LogP contribution in [0.3, 0.4) is 0 Å². The summed E-state index contributed by atoms with van der Waals surface area (Å²) < 4.78 is 27.1. The molecule has 0 aromatic heterocycles. The van der Waals surface area contributed by atoms with Crippen molar-refractivity contribution in [1.29, 1.82) is 0 Å². The van der Waals surface area contributed by atoms with Crippen molar-refractivity contribution >= 4 is 45.6 Å². The van der Waals surface area contributed by atoms with Gasteiger partial charge in [0.1, 0.15) is 0 Å². The number of piperidine rings is 1. The van der Waals surface area contributed by atoms with E-state index in [4.69, 9.17) is 23.2 Å². The summed E-state index contributed by atoms with van der Waals surface area (Å²) in [5.41, 5.74) is 0.140. The van der Waals surface area contributed by atoms with Crippen molar-refractivity contribution in [3.05, 3.63) is 28.2 Å². The fourth-order valence-electron chi connectivity index (χ4n) is 3.29. The number of sulfonamides is 1. The van der Waals surface area contributed by atoms with Crippen LogP contribution >= 0.6 is 35.6 Å². The molecule has 1 aromatic carbocycles. The maximum Gasteiger partial charge on any atom is 0.243 e. The van der Waals surface area contributed by atoms with Gasteiger partial charge in [-0.15, -0.1) is 12.4 Å². The van der Waals surface area contributed by atoms with Crippen molar-refractivity contribution in [2.45, 2.75) is 24.2 Å². The first-order valence-electron chi connectivity index (χ1n) is 7.08. The third kappa shape index (κ3) is 3.55. The van der Waals surface area contributed by atoms with Gasteiger partial charge in [-0.3, -0.25) is 0 Å². The molecule has 1 spiro atoms. The van der Waals surface area contributed by atoms with Gasteiger partial charge in [-0.25, -0.2) is 8.42 Å². The summed E-state index contributed by atoms with van der Waals surface area (Å²) in [6, 6.07) is 4.48. The zero-order chi connectivity index (χ0) is 15.1. The van der Waals surface area contributed by atoms with E-state index in [1.165, 1.54) is 12.1 Å². The van der Waals surface area contributed by atoms with E-state index in [1.54, 1.807) is 10.4 Å². The number of hydrogen-bond donors (Lipinski definition) is 1. The summed E-state index contributed by atoms with van der Waals surface area (Å²) in [4.78, 5) is 0.186. The normalized spacial score (nSPS) is 21.7. The summed E-state index contributed by atoms with van der Waals surface area (Å²) >= 11 is 11.9. The lowest BCUT2D eigenvalue weighted by Gasteiger charge is -2.33. The molecule has 2 aliphatic heterocycles. The Hall–Kier alpha value is -0.0400. The molecule has 2 aliphatic rings. The summed E-state index contributed by atoms with van der Waals surface area (Å²) in [5.74, 6) is 0. The monoisotopic (exact) mass is 384 g/mol. The number of halogens is 3. The molecule has 0 amide bonds. The molecule has 0 bridgehead atoms.